The summed E-state index contributed by atoms with van der Waals surface area (Å²) in [4.78, 5) is 11.9. The maximum atomic E-state index is 11.9. The molecular weight excluding hydrogens is 283 g/mol. The number of anilines is 2. The highest BCUT2D eigenvalue weighted by Gasteiger charge is 2.05. The van der Waals surface area contributed by atoms with Crippen LogP contribution in [-0.4, -0.2) is 5.91 Å². The van der Waals surface area contributed by atoms with Crippen LogP contribution in [-0.2, 0) is 11.2 Å². The van der Waals surface area contributed by atoms with Crippen LogP contribution in [0.25, 0.3) is 0 Å². The predicted molar refractivity (Wildman–Crippen MR) is 79.7 cm³/mol. The van der Waals surface area contributed by atoms with Gasteiger partial charge in [0, 0.05) is 21.4 Å². The van der Waals surface area contributed by atoms with Crippen molar-refractivity contribution in [1.82, 2.24) is 0 Å². The van der Waals surface area contributed by atoms with Crippen LogP contribution in [0.2, 0.25) is 10.0 Å². The maximum Gasteiger partial charge on any atom is 0.228 e. The fourth-order valence-electron chi connectivity index (χ4n) is 1.65. The number of hydrogen-bond donors (Lipinski definition) is 2. The normalized spacial score (nSPS) is 10.2. The number of amides is 1. The topological polar surface area (TPSA) is 55.1 Å². The van der Waals surface area contributed by atoms with Gasteiger partial charge >= 0.3 is 0 Å². The number of carbonyl (C=O) groups excluding carboxylic acids is 1. The zero-order chi connectivity index (χ0) is 13.8. The zero-order valence-corrected chi connectivity index (χ0v) is 11.5. The molecule has 0 saturated carbocycles. The molecule has 0 aliphatic heterocycles. The Morgan fingerprint density at radius 1 is 1.05 bits per heavy atom. The van der Waals surface area contributed by atoms with Gasteiger partial charge in [0.15, 0.2) is 0 Å². The van der Waals surface area contributed by atoms with Crippen LogP contribution in [0.3, 0.4) is 0 Å². The Labute approximate surface area is 121 Å². The molecule has 98 valence electrons. The van der Waals surface area contributed by atoms with Gasteiger partial charge in [0.05, 0.1) is 6.42 Å². The monoisotopic (exact) mass is 294 g/mol. The molecule has 0 spiro atoms. The van der Waals surface area contributed by atoms with Gasteiger partial charge in [0.2, 0.25) is 5.91 Å². The van der Waals surface area contributed by atoms with E-state index in [1.54, 1.807) is 30.3 Å². The van der Waals surface area contributed by atoms with Crippen molar-refractivity contribution in [3.63, 3.8) is 0 Å². The van der Waals surface area contributed by atoms with E-state index in [0.717, 1.165) is 5.56 Å². The first-order valence-electron chi connectivity index (χ1n) is 5.63. The molecule has 19 heavy (non-hydrogen) atoms. The van der Waals surface area contributed by atoms with E-state index in [0.29, 0.717) is 21.4 Å². The smallest absolute Gasteiger partial charge is 0.228 e. The molecule has 0 aliphatic carbocycles. The molecule has 3 nitrogen and oxygen atoms in total. The van der Waals surface area contributed by atoms with Crippen LogP contribution in [0, 0.1) is 0 Å². The summed E-state index contributed by atoms with van der Waals surface area (Å²) in [5.41, 5.74) is 7.73. The minimum Gasteiger partial charge on any atom is -0.399 e. The molecule has 2 aromatic rings. The lowest BCUT2D eigenvalue weighted by atomic mass is 10.1. The Balaban J connectivity index is 2.03. The second-order valence-electron chi connectivity index (χ2n) is 4.12. The third-order valence-corrected chi connectivity index (χ3v) is 2.93. The highest BCUT2D eigenvalue weighted by atomic mass is 35.5. The molecule has 2 aromatic carbocycles. The third kappa shape index (κ3) is 4.16. The third-order valence-electron chi connectivity index (χ3n) is 2.49. The van der Waals surface area contributed by atoms with Gasteiger partial charge < -0.3 is 11.1 Å². The number of carbonyl (C=O) groups is 1. The average Bonchev–Trinajstić information content (AvgIpc) is 2.30. The van der Waals surface area contributed by atoms with Crippen LogP contribution in [0.4, 0.5) is 11.4 Å². The second kappa shape index (κ2) is 5.95. The van der Waals surface area contributed by atoms with Crippen LogP contribution >= 0.6 is 23.2 Å². The standard InChI is InChI=1S/C14H12Cl2N2O/c15-10-6-11(16)8-13(7-10)18-14(19)5-9-1-3-12(17)4-2-9/h1-4,6-8H,5,17H2,(H,18,19). The maximum absolute atomic E-state index is 11.9. The first kappa shape index (κ1) is 13.7. The first-order chi connectivity index (χ1) is 9.02. The molecule has 0 radical (unpaired) electrons. The zero-order valence-electron chi connectivity index (χ0n) is 9.99. The summed E-state index contributed by atoms with van der Waals surface area (Å²) in [6.45, 7) is 0. The molecule has 0 bridgehead atoms. The fraction of sp³-hybridized carbons (Fsp3) is 0.0714. The van der Waals surface area contributed by atoms with Gasteiger partial charge in [0.25, 0.3) is 0 Å². The number of rotatable bonds is 3. The minimum absolute atomic E-state index is 0.136. The van der Waals surface area contributed by atoms with E-state index in [2.05, 4.69) is 5.32 Å². The van der Waals surface area contributed by atoms with Crippen molar-refractivity contribution >= 4 is 40.5 Å². The van der Waals surface area contributed by atoms with E-state index in [1.807, 2.05) is 12.1 Å². The van der Waals surface area contributed by atoms with Crippen LogP contribution in [0.15, 0.2) is 42.5 Å². The number of nitrogen functional groups attached to an aromatic ring is 1. The van der Waals surface area contributed by atoms with E-state index < -0.39 is 0 Å². The summed E-state index contributed by atoms with van der Waals surface area (Å²) >= 11 is 11.7. The number of halogens is 2. The summed E-state index contributed by atoms with van der Waals surface area (Å²) in [7, 11) is 0. The Hall–Kier alpha value is -1.71. The predicted octanol–water partition coefficient (Wildman–Crippen LogP) is 3.76. The molecule has 0 atom stereocenters. The van der Waals surface area contributed by atoms with Crippen molar-refractivity contribution in [2.24, 2.45) is 0 Å². The number of benzene rings is 2. The highest BCUT2D eigenvalue weighted by molar-refractivity contribution is 6.35. The van der Waals surface area contributed by atoms with Gasteiger partial charge in [0.1, 0.15) is 0 Å². The minimum atomic E-state index is -0.136. The van der Waals surface area contributed by atoms with Crippen molar-refractivity contribution in [1.29, 1.82) is 0 Å². The van der Waals surface area contributed by atoms with Gasteiger partial charge in [-0.25, -0.2) is 0 Å². The molecule has 2 rings (SSSR count). The van der Waals surface area contributed by atoms with Crippen molar-refractivity contribution in [3.05, 3.63) is 58.1 Å². The summed E-state index contributed by atoms with van der Waals surface area (Å²) in [6.07, 6.45) is 0.268. The van der Waals surface area contributed by atoms with Gasteiger partial charge in [-0.3, -0.25) is 4.79 Å². The highest BCUT2D eigenvalue weighted by Crippen LogP contribution is 2.22. The Morgan fingerprint density at radius 2 is 1.63 bits per heavy atom. The number of hydrogen-bond acceptors (Lipinski definition) is 2. The second-order valence-corrected chi connectivity index (χ2v) is 5.00. The lowest BCUT2D eigenvalue weighted by molar-refractivity contribution is -0.115. The fourth-order valence-corrected chi connectivity index (χ4v) is 2.18. The van der Waals surface area contributed by atoms with Crippen LogP contribution in [0.5, 0.6) is 0 Å². The van der Waals surface area contributed by atoms with Crippen molar-refractivity contribution in [2.75, 3.05) is 11.1 Å². The Bertz CT molecular complexity index is 577. The van der Waals surface area contributed by atoms with Gasteiger partial charge in [-0.1, -0.05) is 35.3 Å². The quantitative estimate of drug-likeness (QED) is 0.847. The molecule has 0 aliphatic rings. The van der Waals surface area contributed by atoms with E-state index in [-0.39, 0.29) is 12.3 Å². The van der Waals surface area contributed by atoms with Crippen molar-refractivity contribution in [3.8, 4) is 0 Å². The molecule has 5 heteroatoms. The number of nitrogens with two attached hydrogens (primary N) is 1. The lowest BCUT2D eigenvalue weighted by Gasteiger charge is -2.06. The molecule has 1 amide bonds. The van der Waals surface area contributed by atoms with Gasteiger partial charge in [-0.05, 0) is 35.9 Å². The van der Waals surface area contributed by atoms with Crippen molar-refractivity contribution < 1.29 is 4.79 Å². The van der Waals surface area contributed by atoms with E-state index in [1.165, 1.54) is 0 Å². The Morgan fingerprint density at radius 3 is 2.21 bits per heavy atom. The SMILES string of the molecule is Nc1ccc(CC(=O)Nc2cc(Cl)cc(Cl)c2)cc1. The summed E-state index contributed by atoms with van der Waals surface area (Å²) in [6, 6.07) is 12.1. The van der Waals surface area contributed by atoms with Gasteiger partial charge in [-0.2, -0.15) is 0 Å². The number of nitrogens with one attached hydrogen (secondary N) is 1. The molecular formula is C14H12Cl2N2O. The summed E-state index contributed by atoms with van der Waals surface area (Å²) in [5, 5.41) is 3.71. The molecule has 0 aromatic heterocycles. The lowest BCUT2D eigenvalue weighted by Crippen LogP contribution is -2.14. The average molecular weight is 295 g/mol. The van der Waals surface area contributed by atoms with Crippen molar-refractivity contribution in [2.45, 2.75) is 6.42 Å². The first-order valence-corrected chi connectivity index (χ1v) is 6.39. The molecule has 3 N–H and O–H groups in total. The molecule has 0 unspecified atom stereocenters. The molecule has 0 saturated heterocycles. The van der Waals surface area contributed by atoms with Gasteiger partial charge in [-0.15, -0.1) is 0 Å². The largest absolute Gasteiger partial charge is 0.399 e. The van der Waals surface area contributed by atoms with Crippen LogP contribution < -0.4 is 11.1 Å². The molecule has 0 heterocycles. The van der Waals surface area contributed by atoms with Crippen LogP contribution in [0.1, 0.15) is 5.56 Å². The molecule has 0 fully saturated rings. The Kier molecular flexibility index (Phi) is 4.30. The summed E-state index contributed by atoms with van der Waals surface area (Å²) < 4.78 is 0. The summed E-state index contributed by atoms with van der Waals surface area (Å²) in [5.74, 6) is -0.136. The van der Waals surface area contributed by atoms with E-state index in [9.17, 15) is 4.79 Å². The van der Waals surface area contributed by atoms with E-state index >= 15 is 0 Å². The van der Waals surface area contributed by atoms with E-state index in [4.69, 9.17) is 28.9 Å².